The summed E-state index contributed by atoms with van der Waals surface area (Å²) in [5.41, 5.74) is 3.32. The molecule has 0 spiro atoms. The van der Waals surface area contributed by atoms with E-state index in [0.717, 1.165) is 73.3 Å². The molecule has 0 unspecified atom stereocenters. The molecule has 3 nitrogen and oxygen atoms in total. The molecule has 1 heterocycles. The monoisotopic (exact) mass is 345 g/mol. The quantitative estimate of drug-likeness (QED) is 0.723. The average molecular weight is 346 g/mol. The third-order valence-corrected chi connectivity index (χ3v) is 4.76. The number of halogens is 1. The number of rotatable bonds is 6. The highest BCUT2D eigenvalue weighted by Crippen LogP contribution is 2.34. The molecular weight excluding hydrogens is 322 g/mol. The van der Waals surface area contributed by atoms with Gasteiger partial charge in [0.25, 0.3) is 0 Å². The minimum atomic E-state index is 0.726. The van der Waals surface area contributed by atoms with E-state index in [-0.39, 0.29) is 0 Å². The summed E-state index contributed by atoms with van der Waals surface area (Å²) in [5, 5.41) is 0.769. The highest BCUT2D eigenvalue weighted by molar-refractivity contribution is 6.33. The molecule has 0 radical (unpaired) electrons. The lowest BCUT2D eigenvalue weighted by molar-refractivity contribution is 0.0358. The predicted molar refractivity (Wildman–Crippen MR) is 99.0 cm³/mol. The molecular formula is C20H24ClNO2. The fourth-order valence-corrected chi connectivity index (χ4v) is 3.27. The standard InChI is InChI=1S/C20H24ClNO2/c1-16-17(18-6-2-3-8-19(18)21)7-4-9-20(16)24-13-5-10-22-11-14-23-15-12-22/h2-4,6-9H,5,10-15H2,1H3. The molecule has 1 aliphatic rings. The van der Waals surface area contributed by atoms with Gasteiger partial charge in [-0.2, -0.15) is 0 Å². The zero-order valence-corrected chi connectivity index (χ0v) is 14.9. The van der Waals surface area contributed by atoms with Crippen molar-refractivity contribution in [3.8, 4) is 16.9 Å². The van der Waals surface area contributed by atoms with Crippen LogP contribution in [0.2, 0.25) is 5.02 Å². The second kappa shape index (κ2) is 8.52. The Balaban J connectivity index is 1.60. The number of benzene rings is 2. The summed E-state index contributed by atoms with van der Waals surface area (Å²) in [4.78, 5) is 2.43. The molecule has 1 aliphatic heterocycles. The molecule has 1 fully saturated rings. The van der Waals surface area contributed by atoms with Gasteiger partial charge in [-0.05, 0) is 36.6 Å². The van der Waals surface area contributed by atoms with Crippen molar-refractivity contribution in [1.82, 2.24) is 4.90 Å². The molecule has 3 rings (SSSR count). The Hall–Kier alpha value is -1.55. The van der Waals surface area contributed by atoms with E-state index >= 15 is 0 Å². The van der Waals surface area contributed by atoms with Crippen LogP contribution in [0.5, 0.6) is 5.75 Å². The maximum absolute atomic E-state index is 6.34. The van der Waals surface area contributed by atoms with E-state index in [1.54, 1.807) is 0 Å². The first-order valence-corrected chi connectivity index (χ1v) is 8.91. The van der Waals surface area contributed by atoms with Crippen LogP contribution in [0.4, 0.5) is 0 Å². The normalized spacial score (nSPS) is 15.4. The van der Waals surface area contributed by atoms with Gasteiger partial charge >= 0.3 is 0 Å². The van der Waals surface area contributed by atoms with Gasteiger partial charge in [0.15, 0.2) is 0 Å². The Morgan fingerprint density at radius 2 is 1.79 bits per heavy atom. The maximum Gasteiger partial charge on any atom is 0.122 e. The lowest BCUT2D eigenvalue weighted by Gasteiger charge is -2.26. The summed E-state index contributed by atoms with van der Waals surface area (Å²) in [6.45, 7) is 7.63. The lowest BCUT2D eigenvalue weighted by Crippen LogP contribution is -2.37. The number of hydrogen-bond donors (Lipinski definition) is 0. The molecule has 0 saturated carbocycles. The Morgan fingerprint density at radius 1 is 1.04 bits per heavy atom. The van der Waals surface area contributed by atoms with Gasteiger partial charge in [0.05, 0.1) is 19.8 Å². The van der Waals surface area contributed by atoms with E-state index in [9.17, 15) is 0 Å². The maximum atomic E-state index is 6.34. The van der Waals surface area contributed by atoms with Crippen molar-refractivity contribution in [1.29, 1.82) is 0 Å². The van der Waals surface area contributed by atoms with Crippen molar-refractivity contribution in [2.24, 2.45) is 0 Å². The summed E-state index contributed by atoms with van der Waals surface area (Å²) < 4.78 is 11.4. The molecule has 4 heteroatoms. The van der Waals surface area contributed by atoms with Crippen LogP contribution in [0.15, 0.2) is 42.5 Å². The predicted octanol–water partition coefficient (Wildman–Crippen LogP) is 4.42. The summed E-state index contributed by atoms with van der Waals surface area (Å²) in [6, 6.07) is 14.1. The molecule has 2 aromatic carbocycles. The van der Waals surface area contributed by atoms with Gasteiger partial charge in [0, 0.05) is 30.2 Å². The molecule has 0 atom stereocenters. The number of morpholine rings is 1. The summed E-state index contributed by atoms with van der Waals surface area (Å²) in [6.07, 6.45) is 1.02. The van der Waals surface area contributed by atoms with Gasteiger partial charge in [-0.3, -0.25) is 4.90 Å². The molecule has 128 valence electrons. The van der Waals surface area contributed by atoms with Gasteiger partial charge in [-0.15, -0.1) is 0 Å². The lowest BCUT2D eigenvalue weighted by atomic mass is 10.00. The minimum absolute atomic E-state index is 0.726. The number of ether oxygens (including phenoxy) is 2. The Kier molecular flexibility index (Phi) is 6.13. The van der Waals surface area contributed by atoms with Crippen molar-refractivity contribution < 1.29 is 9.47 Å². The van der Waals surface area contributed by atoms with Crippen LogP contribution in [0, 0.1) is 6.92 Å². The van der Waals surface area contributed by atoms with Crippen molar-refractivity contribution >= 4 is 11.6 Å². The summed E-state index contributed by atoms with van der Waals surface area (Å²) in [7, 11) is 0. The van der Waals surface area contributed by atoms with Crippen LogP contribution in [0.3, 0.4) is 0 Å². The van der Waals surface area contributed by atoms with Crippen LogP contribution in [0.25, 0.3) is 11.1 Å². The average Bonchev–Trinajstić information content (AvgIpc) is 2.62. The van der Waals surface area contributed by atoms with E-state index < -0.39 is 0 Å². The second-order valence-corrected chi connectivity index (χ2v) is 6.47. The Bertz CT molecular complexity index is 668. The van der Waals surface area contributed by atoms with Crippen molar-refractivity contribution in [3.63, 3.8) is 0 Å². The molecule has 0 aromatic heterocycles. The molecule has 0 N–H and O–H groups in total. The second-order valence-electron chi connectivity index (χ2n) is 6.06. The first-order valence-electron chi connectivity index (χ1n) is 8.53. The molecule has 1 saturated heterocycles. The van der Waals surface area contributed by atoms with Crippen molar-refractivity contribution in [3.05, 3.63) is 53.1 Å². The van der Waals surface area contributed by atoms with E-state index in [1.807, 2.05) is 36.4 Å². The van der Waals surface area contributed by atoms with Gasteiger partial charge in [-0.25, -0.2) is 0 Å². The molecule has 0 bridgehead atoms. The van der Waals surface area contributed by atoms with Gasteiger partial charge in [0.1, 0.15) is 5.75 Å². The molecule has 24 heavy (non-hydrogen) atoms. The van der Waals surface area contributed by atoms with Crippen LogP contribution < -0.4 is 4.74 Å². The summed E-state index contributed by atoms with van der Waals surface area (Å²) in [5.74, 6) is 0.939. The van der Waals surface area contributed by atoms with Crippen LogP contribution in [-0.2, 0) is 4.74 Å². The fraction of sp³-hybridized carbons (Fsp3) is 0.400. The van der Waals surface area contributed by atoms with E-state index in [2.05, 4.69) is 17.9 Å². The third-order valence-electron chi connectivity index (χ3n) is 4.43. The van der Waals surface area contributed by atoms with Crippen LogP contribution in [-0.4, -0.2) is 44.4 Å². The van der Waals surface area contributed by atoms with Crippen LogP contribution >= 0.6 is 11.6 Å². The number of nitrogens with zero attached hydrogens (tertiary/aromatic N) is 1. The van der Waals surface area contributed by atoms with Gasteiger partial charge in [0.2, 0.25) is 0 Å². The molecule has 0 aliphatic carbocycles. The SMILES string of the molecule is Cc1c(OCCCN2CCOCC2)cccc1-c1ccccc1Cl. The smallest absolute Gasteiger partial charge is 0.122 e. The highest BCUT2D eigenvalue weighted by Gasteiger charge is 2.11. The van der Waals surface area contributed by atoms with Crippen molar-refractivity contribution in [2.45, 2.75) is 13.3 Å². The van der Waals surface area contributed by atoms with Crippen LogP contribution in [0.1, 0.15) is 12.0 Å². The minimum Gasteiger partial charge on any atom is -0.493 e. The molecule has 2 aromatic rings. The van der Waals surface area contributed by atoms with E-state index in [1.165, 1.54) is 0 Å². The van der Waals surface area contributed by atoms with E-state index in [0.29, 0.717) is 0 Å². The number of hydrogen-bond acceptors (Lipinski definition) is 3. The van der Waals surface area contributed by atoms with Gasteiger partial charge in [-0.1, -0.05) is 41.9 Å². The largest absolute Gasteiger partial charge is 0.493 e. The Morgan fingerprint density at radius 3 is 2.58 bits per heavy atom. The third kappa shape index (κ3) is 4.29. The first kappa shape index (κ1) is 17.3. The first-order chi connectivity index (χ1) is 11.8. The summed E-state index contributed by atoms with van der Waals surface area (Å²) >= 11 is 6.34. The topological polar surface area (TPSA) is 21.7 Å². The highest BCUT2D eigenvalue weighted by atomic mass is 35.5. The van der Waals surface area contributed by atoms with E-state index in [4.69, 9.17) is 21.1 Å². The zero-order valence-electron chi connectivity index (χ0n) is 14.1. The Labute approximate surface area is 149 Å². The zero-order chi connectivity index (χ0) is 16.8. The fourth-order valence-electron chi connectivity index (χ4n) is 3.04. The molecule has 0 amide bonds. The van der Waals surface area contributed by atoms with Crippen molar-refractivity contribution in [2.75, 3.05) is 39.5 Å². The van der Waals surface area contributed by atoms with Gasteiger partial charge < -0.3 is 9.47 Å².